The predicted molar refractivity (Wildman–Crippen MR) is 107 cm³/mol. The van der Waals surface area contributed by atoms with Crippen molar-refractivity contribution < 1.29 is 27.5 Å². The standard InChI is InChI=1S/C22H16F2N2O4/c1-28-19-12-14(8-11-18(19)30-22(23)24)20(27)25-15-9-6-13(7-10-15)21-26-16-4-2-3-5-17(16)29-21/h2-12,22H,1H3,(H,25,27). The van der Waals surface area contributed by atoms with Crippen molar-refractivity contribution >= 4 is 22.7 Å². The number of nitrogens with one attached hydrogen (secondary N) is 1. The first-order valence-electron chi connectivity index (χ1n) is 8.93. The summed E-state index contributed by atoms with van der Waals surface area (Å²) in [4.78, 5) is 16.9. The molecule has 0 aliphatic carbocycles. The van der Waals surface area contributed by atoms with Crippen LogP contribution in [0.25, 0.3) is 22.6 Å². The van der Waals surface area contributed by atoms with Crippen LogP contribution in [0.5, 0.6) is 11.5 Å². The lowest BCUT2D eigenvalue weighted by Crippen LogP contribution is -2.12. The van der Waals surface area contributed by atoms with E-state index in [-0.39, 0.29) is 17.1 Å². The minimum atomic E-state index is -2.99. The van der Waals surface area contributed by atoms with Crippen molar-refractivity contribution in [1.82, 2.24) is 4.98 Å². The minimum Gasteiger partial charge on any atom is -0.493 e. The molecule has 0 spiro atoms. The van der Waals surface area contributed by atoms with Crippen molar-refractivity contribution in [1.29, 1.82) is 0 Å². The number of methoxy groups -OCH3 is 1. The number of halogens is 2. The van der Waals surface area contributed by atoms with E-state index in [2.05, 4.69) is 15.0 Å². The van der Waals surface area contributed by atoms with Crippen molar-refractivity contribution in [3.8, 4) is 23.0 Å². The van der Waals surface area contributed by atoms with E-state index in [1.54, 1.807) is 24.3 Å². The van der Waals surface area contributed by atoms with E-state index in [4.69, 9.17) is 9.15 Å². The molecule has 1 amide bonds. The van der Waals surface area contributed by atoms with Crippen LogP contribution < -0.4 is 14.8 Å². The van der Waals surface area contributed by atoms with Gasteiger partial charge in [0, 0.05) is 16.8 Å². The first-order chi connectivity index (χ1) is 14.5. The second-order valence-corrected chi connectivity index (χ2v) is 6.26. The Hall–Kier alpha value is -3.94. The fourth-order valence-corrected chi connectivity index (χ4v) is 2.90. The Morgan fingerprint density at radius 3 is 2.50 bits per heavy atom. The largest absolute Gasteiger partial charge is 0.493 e. The number of nitrogens with zero attached hydrogens (tertiary/aromatic N) is 1. The maximum atomic E-state index is 12.5. The van der Waals surface area contributed by atoms with Gasteiger partial charge in [0.15, 0.2) is 17.1 Å². The molecule has 152 valence electrons. The van der Waals surface area contributed by atoms with Crippen LogP contribution in [0.4, 0.5) is 14.5 Å². The summed E-state index contributed by atoms with van der Waals surface area (Å²) in [6, 6.07) is 18.4. The quantitative estimate of drug-likeness (QED) is 0.463. The summed E-state index contributed by atoms with van der Waals surface area (Å²) in [7, 11) is 1.31. The van der Waals surface area contributed by atoms with Crippen LogP contribution in [0.15, 0.2) is 71.1 Å². The topological polar surface area (TPSA) is 73.6 Å². The van der Waals surface area contributed by atoms with E-state index in [1.807, 2.05) is 24.3 Å². The molecule has 4 rings (SSSR count). The van der Waals surface area contributed by atoms with Crippen LogP contribution in [0.3, 0.4) is 0 Å². The van der Waals surface area contributed by atoms with E-state index < -0.39 is 12.5 Å². The molecule has 0 saturated carbocycles. The number of hydrogen-bond acceptors (Lipinski definition) is 5. The molecule has 30 heavy (non-hydrogen) atoms. The monoisotopic (exact) mass is 410 g/mol. The number of anilines is 1. The van der Waals surface area contributed by atoms with Crippen molar-refractivity contribution in [2.75, 3.05) is 12.4 Å². The molecule has 1 aromatic heterocycles. The third-order valence-electron chi connectivity index (χ3n) is 4.33. The van der Waals surface area contributed by atoms with Crippen LogP contribution in [0.1, 0.15) is 10.4 Å². The molecule has 0 saturated heterocycles. The van der Waals surface area contributed by atoms with Gasteiger partial charge in [-0.3, -0.25) is 4.79 Å². The summed E-state index contributed by atoms with van der Waals surface area (Å²) < 4.78 is 40.0. The highest BCUT2D eigenvalue weighted by Gasteiger charge is 2.15. The maximum absolute atomic E-state index is 12.5. The number of benzene rings is 3. The number of ether oxygens (including phenoxy) is 2. The summed E-state index contributed by atoms with van der Waals surface area (Å²) in [6.45, 7) is -2.99. The molecule has 4 aromatic rings. The lowest BCUT2D eigenvalue weighted by Gasteiger charge is -2.11. The van der Waals surface area contributed by atoms with Gasteiger partial charge in [-0.1, -0.05) is 12.1 Å². The number of fused-ring (bicyclic) bond motifs is 1. The first kappa shape index (κ1) is 19.4. The van der Waals surface area contributed by atoms with Crippen LogP contribution >= 0.6 is 0 Å². The number of hydrogen-bond donors (Lipinski definition) is 1. The maximum Gasteiger partial charge on any atom is 0.387 e. The number of amides is 1. The fourth-order valence-electron chi connectivity index (χ4n) is 2.90. The number of aromatic nitrogens is 1. The predicted octanol–water partition coefficient (Wildman–Crippen LogP) is 5.36. The van der Waals surface area contributed by atoms with E-state index in [1.165, 1.54) is 25.3 Å². The van der Waals surface area contributed by atoms with Crippen LogP contribution in [-0.2, 0) is 0 Å². The Balaban J connectivity index is 1.49. The van der Waals surface area contributed by atoms with Gasteiger partial charge >= 0.3 is 6.61 Å². The SMILES string of the molecule is COc1cc(C(=O)Nc2ccc(-c3nc4ccccc4o3)cc2)ccc1OC(F)F. The van der Waals surface area contributed by atoms with Gasteiger partial charge in [-0.05, 0) is 54.6 Å². The number of rotatable bonds is 6. The molecule has 0 atom stereocenters. The Bertz CT molecular complexity index is 1160. The van der Waals surface area contributed by atoms with Crippen LogP contribution in [-0.4, -0.2) is 24.6 Å². The molecular weight excluding hydrogens is 394 g/mol. The third-order valence-corrected chi connectivity index (χ3v) is 4.33. The Labute approximate surface area is 170 Å². The number of para-hydroxylation sites is 2. The van der Waals surface area contributed by atoms with E-state index in [9.17, 15) is 13.6 Å². The Morgan fingerprint density at radius 1 is 1.03 bits per heavy atom. The highest BCUT2D eigenvalue weighted by atomic mass is 19.3. The molecule has 0 unspecified atom stereocenters. The first-order valence-corrected chi connectivity index (χ1v) is 8.93. The van der Waals surface area contributed by atoms with Gasteiger partial charge in [0.25, 0.3) is 5.91 Å². The second-order valence-electron chi connectivity index (χ2n) is 6.26. The van der Waals surface area contributed by atoms with Gasteiger partial charge < -0.3 is 19.2 Å². The number of alkyl halides is 2. The summed E-state index contributed by atoms with van der Waals surface area (Å²) in [5.74, 6) is -0.0547. The zero-order chi connectivity index (χ0) is 21.1. The van der Waals surface area contributed by atoms with Crippen LogP contribution in [0, 0.1) is 0 Å². The second kappa shape index (κ2) is 8.20. The fraction of sp³-hybridized carbons (Fsp3) is 0.0909. The lowest BCUT2D eigenvalue weighted by atomic mass is 10.1. The average molecular weight is 410 g/mol. The summed E-state index contributed by atoms with van der Waals surface area (Å²) in [6.07, 6.45) is 0. The van der Waals surface area contributed by atoms with Gasteiger partial charge in [0.1, 0.15) is 5.52 Å². The van der Waals surface area contributed by atoms with E-state index in [0.29, 0.717) is 17.2 Å². The normalized spacial score (nSPS) is 10.9. The summed E-state index contributed by atoms with van der Waals surface area (Å²) >= 11 is 0. The molecule has 0 radical (unpaired) electrons. The lowest BCUT2D eigenvalue weighted by molar-refractivity contribution is -0.0512. The van der Waals surface area contributed by atoms with Crippen molar-refractivity contribution in [2.24, 2.45) is 0 Å². The molecule has 0 aliphatic rings. The highest BCUT2D eigenvalue weighted by molar-refractivity contribution is 6.04. The molecule has 0 bridgehead atoms. The smallest absolute Gasteiger partial charge is 0.387 e. The average Bonchev–Trinajstić information content (AvgIpc) is 3.18. The molecule has 0 fully saturated rings. The molecule has 1 heterocycles. The number of carbonyl (C=O) groups excluding carboxylic acids is 1. The number of carbonyl (C=O) groups is 1. The van der Waals surface area contributed by atoms with E-state index in [0.717, 1.165) is 11.1 Å². The van der Waals surface area contributed by atoms with Crippen LogP contribution in [0.2, 0.25) is 0 Å². The van der Waals surface area contributed by atoms with Gasteiger partial charge in [-0.25, -0.2) is 4.98 Å². The van der Waals surface area contributed by atoms with E-state index >= 15 is 0 Å². The molecular formula is C22H16F2N2O4. The van der Waals surface area contributed by atoms with Gasteiger partial charge in [-0.15, -0.1) is 0 Å². The summed E-state index contributed by atoms with van der Waals surface area (Å²) in [5, 5.41) is 2.74. The molecule has 0 aliphatic heterocycles. The molecule has 6 nitrogen and oxygen atoms in total. The molecule has 8 heteroatoms. The van der Waals surface area contributed by atoms with Gasteiger partial charge in [0.2, 0.25) is 5.89 Å². The third kappa shape index (κ3) is 4.07. The highest BCUT2D eigenvalue weighted by Crippen LogP contribution is 2.30. The van der Waals surface area contributed by atoms with Crippen molar-refractivity contribution in [3.63, 3.8) is 0 Å². The zero-order valence-corrected chi connectivity index (χ0v) is 15.8. The molecule has 3 aromatic carbocycles. The number of oxazole rings is 1. The Morgan fingerprint density at radius 2 is 1.80 bits per heavy atom. The van der Waals surface area contributed by atoms with Gasteiger partial charge in [-0.2, -0.15) is 8.78 Å². The van der Waals surface area contributed by atoms with Crippen molar-refractivity contribution in [3.05, 3.63) is 72.3 Å². The Kier molecular flexibility index (Phi) is 5.30. The van der Waals surface area contributed by atoms with Gasteiger partial charge in [0.05, 0.1) is 7.11 Å². The molecule has 1 N–H and O–H groups in total. The van der Waals surface area contributed by atoms with Crippen molar-refractivity contribution in [2.45, 2.75) is 6.61 Å². The zero-order valence-electron chi connectivity index (χ0n) is 15.8. The summed E-state index contributed by atoms with van der Waals surface area (Å²) in [5.41, 5.74) is 3.00. The minimum absolute atomic E-state index is 0.0363.